The number of benzene rings is 1. The molecule has 0 aliphatic carbocycles. The molecule has 1 aromatic carbocycles. The minimum absolute atomic E-state index is 0. The molecule has 0 bridgehead atoms. The first kappa shape index (κ1) is 14.9. The zero-order valence-electron chi connectivity index (χ0n) is 9.22. The average molecular weight is 265 g/mol. The van der Waals surface area contributed by atoms with Crippen molar-refractivity contribution in [2.24, 2.45) is 0 Å². The van der Waals surface area contributed by atoms with E-state index >= 15 is 0 Å². The van der Waals surface area contributed by atoms with Crippen LogP contribution in [-0.4, -0.2) is 22.0 Å². The van der Waals surface area contributed by atoms with Gasteiger partial charge < -0.3 is 12.9 Å². The van der Waals surface area contributed by atoms with E-state index in [1.807, 2.05) is 6.07 Å². The summed E-state index contributed by atoms with van der Waals surface area (Å²) >= 11 is 0. The number of aromatic nitrogens is 3. The van der Waals surface area contributed by atoms with Crippen molar-refractivity contribution < 1.29 is 64.3 Å². The summed E-state index contributed by atoms with van der Waals surface area (Å²) in [6, 6.07) is 8.96. The minimum atomic E-state index is -4.88. The zero-order valence-corrected chi connectivity index (χ0v) is 12.3. The van der Waals surface area contributed by atoms with Gasteiger partial charge in [-0.25, -0.2) is 0 Å². The molecule has 1 heterocycles. The SMILES string of the molecule is F[B-](F)(F)Cn1cc(-c2ccccc2)nn1.[K+]. The van der Waals surface area contributed by atoms with Crippen LogP contribution in [0.2, 0.25) is 0 Å². The van der Waals surface area contributed by atoms with Gasteiger partial charge in [-0.15, -0.1) is 5.10 Å². The first-order valence-corrected chi connectivity index (χ1v) is 4.71. The fourth-order valence-electron chi connectivity index (χ4n) is 1.34. The van der Waals surface area contributed by atoms with E-state index in [9.17, 15) is 12.9 Å². The maximum absolute atomic E-state index is 12.1. The molecule has 1 aromatic heterocycles. The molecule has 0 spiro atoms. The Balaban J connectivity index is 0.00000144. The van der Waals surface area contributed by atoms with Crippen LogP contribution in [0.25, 0.3) is 11.3 Å². The largest absolute Gasteiger partial charge is 1.00 e. The van der Waals surface area contributed by atoms with E-state index in [1.165, 1.54) is 6.20 Å². The summed E-state index contributed by atoms with van der Waals surface area (Å²) in [5.74, 6) is 0. The van der Waals surface area contributed by atoms with Crippen LogP contribution in [0.1, 0.15) is 0 Å². The molecule has 2 rings (SSSR count). The Morgan fingerprint density at radius 1 is 1.12 bits per heavy atom. The number of rotatable bonds is 3. The van der Waals surface area contributed by atoms with Crippen LogP contribution in [0.4, 0.5) is 12.9 Å². The first-order chi connectivity index (χ1) is 7.54. The molecule has 84 valence electrons. The van der Waals surface area contributed by atoms with Crippen molar-refractivity contribution in [2.45, 2.75) is 6.44 Å². The van der Waals surface area contributed by atoms with E-state index in [2.05, 4.69) is 10.3 Å². The van der Waals surface area contributed by atoms with Gasteiger partial charge in [0.1, 0.15) is 5.69 Å². The van der Waals surface area contributed by atoms with E-state index in [0.717, 1.165) is 10.2 Å². The second-order valence-electron chi connectivity index (χ2n) is 3.40. The topological polar surface area (TPSA) is 30.7 Å². The fraction of sp³-hybridized carbons (Fsp3) is 0.111. The van der Waals surface area contributed by atoms with Crippen molar-refractivity contribution >= 4 is 6.98 Å². The molecule has 0 saturated heterocycles. The Labute approximate surface area is 139 Å². The molecule has 0 atom stereocenters. The standard InChI is InChI=1S/C9H8BF3N3.K/c11-10(12,13)7-16-6-9(14-15-16)8-4-2-1-3-5-8;/h1-6H,7H2;/q-1;+1. The van der Waals surface area contributed by atoms with Crippen molar-refractivity contribution in [3.63, 3.8) is 0 Å². The van der Waals surface area contributed by atoms with Crippen molar-refractivity contribution in [3.05, 3.63) is 36.5 Å². The quantitative estimate of drug-likeness (QED) is 0.689. The number of hydrogen-bond acceptors (Lipinski definition) is 2. The molecule has 0 radical (unpaired) electrons. The van der Waals surface area contributed by atoms with Crippen LogP contribution in [-0.2, 0) is 6.44 Å². The third-order valence-corrected chi connectivity index (χ3v) is 2.00. The van der Waals surface area contributed by atoms with Crippen molar-refractivity contribution in [1.29, 1.82) is 0 Å². The molecule has 2 aromatic rings. The van der Waals surface area contributed by atoms with Gasteiger partial charge in [-0.1, -0.05) is 35.5 Å². The van der Waals surface area contributed by atoms with Gasteiger partial charge in [-0.05, 0) is 0 Å². The molecule has 0 saturated carbocycles. The third-order valence-electron chi connectivity index (χ3n) is 2.00. The van der Waals surface area contributed by atoms with Gasteiger partial charge in [0.25, 0.3) is 0 Å². The molecule has 0 amide bonds. The zero-order chi connectivity index (χ0) is 11.6. The predicted octanol–water partition coefficient (Wildman–Crippen LogP) is -0.664. The molecule has 8 heteroatoms. The third kappa shape index (κ3) is 4.55. The molecule has 0 unspecified atom stereocenters. The molecular weight excluding hydrogens is 257 g/mol. The normalized spacial score (nSPS) is 11.0. The molecule has 0 aliphatic rings. The number of nitrogens with zero attached hydrogens (tertiary/aromatic N) is 3. The summed E-state index contributed by atoms with van der Waals surface area (Å²) in [5, 5.41) is 7.13. The van der Waals surface area contributed by atoms with Gasteiger partial charge in [0, 0.05) is 18.2 Å². The first-order valence-electron chi connectivity index (χ1n) is 4.71. The van der Waals surface area contributed by atoms with Gasteiger partial charge >= 0.3 is 58.4 Å². The van der Waals surface area contributed by atoms with Crippen LogP contribution in [0.15, 0.2) is 36.5 Å². The molecule has 0 aliphatic heterocycles. The summed E-state index contributed by atoms with van der Waals surface area (Å²) in [7, 11) is 0. The summed E-state index contributed by atoms with van der Waals surface area (Å²) in [6.45, 7) is -4.88. The Morgan fingerprint density at radius 3 is 2.35 bits per heavy atom. The van der Waals surface area contributed by atoms with Crippen LogP contribution < -0.4 is 51.4 Å². The number of hydrogen-bond donors (Lipinski definition) is 0. The molecular formula is C9H8BF3KN3. The van der Waals surface area contributed by atoms with Gasteiger partial charge in [0.2, 0.25) is 0 Å². The summed E-state index contributed by atoms with van der Waals surface area (Å²) in [5.41, 5.74) is 1.20. The van der Waals surface area contributed by atoms with Gasteiger partial charge in [-0.2, -0.15) is 0 Å². The maximum atomic E-state index is 12.1. The Hall–Kier alpha value is -0.149. The van der Waals surface area contributed by atoms with Crippen LogP contribution in [0, 0.1) is 0 Å². The molecule has 0 N–H and O–H groups in total. The van der Waals surface area contributed by atoms with Crippen LogP contribution >= 0.6 is 0 Å². The van der Waals surface area contributed by atoms with Gasteiger partial charge in [-0.3, -0.25) is 4.68 Å². The van der Waals surface area contributed by atoms with Crippen LogP contribution in [0.5, 0.6) is 0 Å². The average Bonchev–Trinajstić information content (AvgIpc) is 2.65. The van der Waals surface area contributed by atoms with Crippen molar-refractivity contribution in [1.82, 2.24) is 15.0 Å². The van der Waals surface area contributed by atoms with E-state index in [0.29, 0.717) is 5.69 Å². The minimum Gasteiger partial charge on any atom is -0.448 e. The van der Waals surface area contributed by atoms with Crippen LogP contribution in [0.3, 0.4) is 0 Å². The second-order valence-corrected chi connectivity index (χ2v) is 3.40. The Kier molecular flexibility index (Phi) is 5.39. The number of halogens is 3. The molecule has 3 nitrogen and oxygen atoms in total. The maximum Gasteiger partial charge on any atom is 1.00 e. The monoisotopic (exact) mass is 265 g/mol. The van der Waals surface area contributed by atoms with E-state index in [4.69, 9.17) is 0 Å². The molecule has 0 fully saturated rings. The molecule has 17 heavy (non-hydrogen) atoms. The second kappa shape index (κ2) is 6.15. The summed E-state index contributed by atoms with van der Waals surface area (Å²) in [4.78, 5) is 0. The summed E-state index contributed by atoms with van der Waals surface area (Å²) in [6.07, 6.45) is 0.240. The van der Waals surface area contributed by atoms with E-state index < -0.39 is 13.4 Å². The van der Waals surface area contributed by atoms with Crippen molar-refractivity contribution in [3.8, 4) is 11.3 Å². The smallest absolute Gasteiger partial charge is 0.448 e. The fourth-order valence-corrected chi connectivity index (χ4v) is 1.34. The summed E-state index contributed by atoms with van der Waals surface area (Å²) < 4.78 is 37.2. The van der Waals surface area contributed by atoms with E-state index in [1.54, 1.807) is 24.3 Å². The van der Waals surface area contributed by atoms with Crippen molar-refractivity contribution in [2.75, 3.05) is 0 Å². The predicted molar refractivity (Wildman–Crippen MR) is 54.5 cm³/mol. The van der Waals surface area contributed by atoms with E-state index in [-0.39, 0.29) is 51.4 Å². The Bertz CT molecular complexity index is 472. The van der Waals surface area contributed by atoms with Gasteiger partial charge in [0.05, 0.1) is 0 Å². The van der Waals surface area contributed by atoms with Gasteiger partial charge in [0.15, 0.2) is 0 Å². The Morgan fingerprint density at radius 2 is 1.76 bits per heavy atom.